The summed E-state index contributed by atoms with van der Waals surface area (Å²) in [6.07, 6.45) is 3.95. The molecule has 2 saturated heterocycles. The average Bonchev–Trinajstić information content (AvgIpc) is 3.50. The van der Waals surface area contributed by atoms with Crippen LogP contribution in [0.15, 0.2) is 66.9 Å². The molecule has 1 amide bonds. The van der Waals surface area contributed by atoms with E-state index in [9.17, 15) is 4.79 Å². The third-order valence-corrected chi connectivity index (χ3v) is 8.16. The van der Waals surface area contributed by atoms with Gasteiger partial charge in [-0.1, -0.05) is 0 Å². The molecule has 0 radical (unpaired) electrons. The molecular formula is C31H36N8O2S. The molecule has 6 rings (SSSR count). The van der Waals surface area contributed by atoms with Crippen molar-refractivity contribution in [2.24, 2.45) is 0 Å². The van der Waals surface area contributed by atoms with Crippen molar-refractivity contribution in [2.75, 3.05) is 69.0 Å². The number of amides is 1. The number of carbonyl (C=O) groups excluding carboxylic acids is 1. The maximum absolute atomic E-state index is 13.0. The van der Waals surface area contributed by atoms with Crippen LogP contribution in [0.25, 0.3) is 16.9 Å². The van der Waals surface area contributed by atoms with Crippen LogP contribution in [0.5, 0.6) is 0 Å². The fourth-order valence-electron chi connectivity index (χ4n) is 5.51. The molecule has 0 saturated carbocycles. The molecule has 2 aliphatic rings. The van der Waals surface area contributed by atoms with E-state index < -0.39 is 0 Å². The molecule has 2 aromatic heterocycles. The Labute approximate surface area is 251 Å². The van der Waals surface area contributed by atoms with Crippen LogP contribution in [-0.4, -0.2) is 94.9 Å². The number of benzene rings is 2. The Hall–Kier alpha value is -4.06. The van der Waals surface area contributed by atoms with E-state index in [0.717, 1.165) is 67.3 Å². The summed E-state index contributed by atoms with van der Waals surface area (Å²) in [5.74, 6) is 1.66. The fraction of sp³-hybridized carbons (Fsp3) is 0.355. The summed E-state index contributed by atoms with van der Waals surface area (Å²) >= 11 is 5.55. The van der Waals surface area contributed by atoms with Gasteiger partial charge in [0, 0.05) is 60.9 Å². The minimum absolute atomic E-state index is 0.0801. The second kappa shape index (κ2) is 12.4. The predicted molar refractivity (Wildman–Crippen MR) is 170 cm³/mol. The molecule has 0 atom stereocenters. The Kier molecular flexibility index (Phi) is 8.31. The smallest absolute Gasteiger partial charge is 0.253 e. The Bertz CT molecular complexity index is 1540. The number of fused-ring (bicyclic) bond motifs is 1. The van der Waals surface area contributed by atoms with Crippen molar-refractivity contribution in [2.45, 2.75) is 18.9 Å². The summed E-state index contributed by atoms with van der Waals surface area (Å²) in [6, 6.07) is 19.9. The number of nitrogens with zero attached hydrogens (tertiary/aromatic N) is 6. The van der Waals surface area contributed by atoms with Gasteiger partial charge in [0.2, 0.25) is 0 Å². The first kappa shape index (κ1) is 28.1. The topological polar surface area (TPSA) is 90.3 Å². The molecule has 2 aliphatic heterocycles. The molecule has 0 aliphatic carbocycles. The minimum Gasteiger partial charge on any atom is -0.378 e. The zero-order chi connectivity index (χ0) is 29.1. The van der Waals surface area contributed by atoms with Gasteiger partial charge in [0.1, 0.15) is 5.52 Å². The number of thiocarbonyl (C=S) groups is 1. The van der Waals surface area contributed by atoms with Crippen LogP contribution < -0.4 is 15.5 Å². The highest BCUT2D eigenvalue weighted by Gasteiger charge is 2.24. The molecule has 2 aromatic carbocycles. The molecule has 4 aromatic rings. The number of anilines is 3. The highest BCUT2D eigenvalue weighted by molar-refractivity contribution is 7.80. The lowest BCUT2D eigenvalue weighted by molar-refractivity contribution is 0.0663. The fourth-order valence-corrected chi connectivity index (χ4v) is 5.74. The Morgan fingerprint density at radius 1 is 0.929 bits per heavy atom. The lowest BCUT2D eigenvalue weighted by atomic mass is 10.0. The summed E-state index contributed by atoms with van der Waals surface area (Å²) < 4.78 is 7.41. The van der Waals surface area contributed by atoms with Crippen LogP contribution in [0.3, 0.4) is 0 Å². The van der Waals surface area contributed by atoms with Crippen molar-refractivity contribution in [3.05, 3.63) is 72.4 Å². The number of likely N-dealkylation sites (tertiary alicyclic amines) is 1. The highest BCUT2D eigenvalue weighted by Crippen LogP contribution is 2.26. The number of piperidine rings is 1. The van der Waals surface area contributed by atoms with Gasteiger partial charge < -0.3 is 30.1 Å². The number of ether oxygens (including phenoxy) is 1. The van der Waals surface area contributed by atoms with Crippen LogP contribution in [0.1, 0.15) is 23.2 Å². The lowest BCUT2D eigenvalue weighted by Crippen LogP contribution is -2.44. The van der Waals surface area contributed by atoms with E-state index in [4.69, 9.17) is 27.0 Å². The maximum atomic E-state index is 13.0. The zero-order valence-corrected chi connectivity index (χ0v) is 24.8. The molecule has 2 N–H and O–H groups in total. The summed E-state index contributed by atoms with van der Waals surface area (Å²) in [6.45, 7) is 4.57. The molecule has 0 unspecified atom stereocenters. The van der Waals surface area contributed by atoms with Crippen LogP contribution in [0.2, 0.25) is 0 Å². The molecule has 11 heteroatoms. The standard InChI is InChI=1S/C31H36N8O2S/c1-36(2)26-13-16-38(17-14-26)30(40)23-7-11-25(12-8-23)33-31(42)32-24-9-5-22(6-10-24)28-34-29(37-18-20-41-21-19-37)27-4-3-15-39(27)35-28/h3-12,15,26H,13-14,16-21H2,1-2H3,(H2,32,33,42). The third-order valence-electron chi connectivity index (χ3n) is 7.95. The first-order valence-corrected chi connectivity index (χ1v) is 14.8. The Morgan fingerprint density at radius 2 is 1.57 bits per heavy atom. The number of rotatable bonds is 6. The van der Waals surface area contributed by atoms with Crippen molar-refractivity contribution in [1.29, 1.82) is 0 Å². The van der Waals surface area contributed by atoms with E-state index in [1.54, 1.807) is 0 Å². The number of aromatic nitrogens is 3. The molecule has 2 fully saturated rings. The second-order valence-electron chi connectivity index (χ2n) is 10.9. The summed E-state index contributed by atoms with van der Waals surface area (Å²) in [7, 11) is 4.20. The van der Waals surface area contributed by atoms with Gasteiger partial charge in [-0.25, -0.2) is 9.50 Å². The van der Waals surface area contributed by atoms with Crippen LogP contribution in [0, 0.1) is 0 Å². The molecule has 0 bridgehead atoms. The summed E-state index contributed by atoms with van der Waals surface area (Å²) in [5, 5.41) is 11.6. The Morgan fingerprint density at radius 3 is 2.21 bits per heavy atom. The quantitative estimate of drug-likeness (QED) is 0.324. The second-order valence-corrected chi connectivity index (χ2v) is 11.3. The van der Waals surface area contributed by atoms with Gasteiger partial charge in [0.15, 0.2) is 16.8 Å². The van der Waals surface area contributed by atoms with Gasteiger partial charge >= 0.3 is 0 Å². The molecule has 0 spiro atoms. The Balaban J connectivity index is 1.06. The first-order chi connectivity index (χ1) is 20.4. The third kappa shape index (κ3) is 6.23. The first-order valence-electron chi connectivity index (χ1n) is 14.4. The van der Waals surface area contributed by atoms with E-state index in [2.05, 4.69) is 34.5 Å². The summed E-state index contributed by atoms with van der Waals surface area (Å²) in [4.78, 5) is 24.3. The number of morpholine rings is 1. The van der Waals surface area contributed by atoms with Crippen molar-refractivity contribution < 1.29 is 9.53 Å². The number of carbonyl (C=O) groups is 1. The number of nitrogens with one attached hydrogen (secondary N) is 2. The van der Waals surface area contributed by atoms with Crippen molar-refractivity contribution in [1.82, 2.24) is 24.4 Å². The van der Waals surface area contributed by atoms with Crippen LogP contribution >= 0.6 is 12.2 Å². The van der Waals surface area contributed by atoms with Crippen molar-refractivity contribution >= 4 is 45.9 Å². The summed E-state index contributed by atoms with van der Waals surface area (Å²) in [5.41, 5.74) is 4.25. The predicted octanol–water partition coefficient (Wildman–Crippen LogP) is 4.21. The van der Waals surface area contributed by atoms with E-state index in [1.807, 2.05) is 76.3 Å². The van der Waals surface area contributed by atoms with Gasteiger partial charge in [-0.05, 0) is 99.8 Å². The van der Waals surface area contributed by atoms with Gasteiger partial charge in [-0.3, -0.25) is 4.79 Å². The van der Waals surface area contributed by atoms with E-state index in [0.29, 0.717) is 35.8 Å². The normalized spacial score (nSPS) is 16.2. The van der Waals surface area contributed by atoms with Crippen molar-refractivity contribution in [3.63, 3.8) is 0 Å². The van der Waals surface area contributed by atoms with Gasteiger partial charge in [0.25, 0.3) is 5.91 Å². The lowest BCUT2D eigenvalue weighted by Gasteiger charge is -2.35. The van der Waals surface area contributed by atoms with Gasteiger partial charge in [0.05, 0.1) is 13.2 Å². The highest BCUT2D eigenvalue weighted by atomic mass is 32.1. The minimum atomic E-state index is 0.0801. The van der Waals surface area contributed by atoms with Gasteiger partial charge in [-0.15, -0.1) is 5.10 Å². The SMILES string of the molecule is CN(C)C1CCN(C(=O)c2ccc(NC(=S)Nc3ccc(-c4nc(N5CCOCC5)c5cccn5n4)cc3)cc2)CC1. The van der Waals surface area contributed by atoms with Crippen LogP contribution in [0.4, 0.5) is 17.2 Å². The zero-order valence-electron chi connectivity index (χ0n) is 24.0. The molecular weight excluding hydrogens is 548 g/mol. The largest absolute Gasteiger partial charge is 0.378 e. The average molecular weight is 585 g/mol. The number of hydrogen-bond donors (Lipinski definition) is 2. The monoisotopic (exact) mass is 584 g/mol. The molecule has 10 nitrogen and oxygen atoms in total. The molecule has 218 valence electrons. The van der Waals surface area contributed by atoms with E-state index >= 15 is 0 Å². The molecule has 42 heavy (non-hydrogen) atoms. The number of hydrogen-bond acceptors (Lipinski definition) is 7. The van der Waals surface area contributed by atoms with Gasteiger partial charge in [-0.2, -0.15) is 0 Å². The maximum Gasteiger partial charge on any atom is 0.253 e. The van der Waals surface area contributed by atoms with Crippen molar-refractivity contribution in [3.8, 4) is 11.4 Å². The van der Waals surface area contributed by atoms with Crippen LogP contribution in [-0.2, 0) is 4.74 Å². The van der Waals surface area contributed by atoms with E-state index in [1.165, 1.54) is 0 Å². The molecule has 4 heterocycles. The van der Waals surface area contributed by atoms with E-state index in [-0.39, 0.29) is 5.91 Å².